The third-order valence-corrected chi connectivity index (χ3v) is 5.56. The lowest BCUT2D eigenvalue weighted by Crippen LogP contribution is -2.57. The standard InChI is InChI=1S/C22H39N7O7/c1-12(2)11-16(20(34)28-15(21(35)36)6-4-10-26-22(23)24)29-19(33)14(7-8-17(30)31)27-18(32)13-5-3-9-25-13/h12-16,25H,3-11H2,1-2H3,(H,27,32)(H,28,34)(H,29,33)(H,30,31)(H,35,36)(H4,23,24,26). The first-order chi connectivity index (χ1) is 16.9. The Bertz CT molecular complexity index is 809. The normalized spacial score (nSPS) is 17.5. The van der Waals surface area contributed by atoms with E-state index < -0.39 is 53.8 Å². The van der Waals surface area contributed by atoms with Crippen LogP contribution in [0.2, 0.25) is 0 Å². The molecule has 1 heterocycles. The van der Waals surface area contributed by atoms with Crippen molar-refractivity contribution in [3.63, 3.8) is 0 Å². The summed E-state index contributed by atoms with van der Waals surface area (Å²) in [4.78, 5) is 65.0. The average molecular weight is 514 g/mol. The maximum absolute atomic E-state index is 13.0. The maximum atomic E-state index is 13.0. The Morgan fingerprint density at radius 1 is 0.972 bits per heavy atom. The summed E-state index contributed by atoms with van der Waals surface area (Å²) in [5, 5.41) is 29.1. The molecule has 1 rings (SSSR count). The number of nitrogens with two attached hydrogens (primary N) is 2. The molecule has 1 aliphatic rings. The van der Waals surface area contributed by atoms with E-state index in [0.29, 0.717) is 19.4 Å². The molecule has 36 heavy (non-hydrogen) atoms. The number of rotatable bonds is 16. The van der Waals surface area contributed by atoms with Crippen LogP contribution in [0.15, 0.2) is 4.99 Å². The molecule has 14 nitrogen and oxygen atoms in total. The second kappa shape index (κ2) is 15.5. The molecule has 0 aliphatic carbocycles. The van der Waals surface area contributed by atoms with Gasteiger partial charge in [0.15, 0.2) is 5.96 Å². The first-order valence-electron chi connectivity index (χ1n) is 12.0. The van der Waals surface area contributed by atoms with Gasteiger partial charge in [-0.15, -0.1) is 0 Å². The van der Waals surface area contributed by atoms with Gasteiger partial charge in [-0.25, -0.2) is 4.79 Å². The highest BCUT2D eigenvalue weighted by Crippen LogP contribution is 2.10. The summed E-state index contributed by atoms with van der Waals surface area (Å²) in [5.41, 5.74) is 10.5. The van der Waals surface area contributed by atoms with E-state index in [2.05, 4.69) is 26.3 Å². The van der Waals surface area contributed by atoms with Crippen LogP contribution in [-0.2, 0) is 24.0 Å². The van der Waals surface area contributed by atoms with Crippen LogP contribution in [-0.4, -0.2) is 83.1 Å². The Balaban J connectivity index is 2.90. The number of hydrogen-bond donors (Lipinski definition) is 8. The van der Waals surface area contributed by atoms with E-state index in [1.165, 1.54) is 0 Å². The molecule has 1 saturated heterocycles. The molecule has 0 saturated carbocycles. The number of carbonyl (C=O) groups is 5. The number of nitrogens with one attached hydrogen (secondary N) is 4. The van der Waals surface area contributed by atoms with Crippen LogP contribution >= 0.6 is 0 Å². The van der Waals surface area contributed by atoms with Crippen molar-refractivity contribution in [3.8, 4) is 0 Å². The van der Waals surface area contributed by atoms with Crippen molar-refractivity contribution in [1.82, 2.24) is 21.3 Å². The summed E-state index contributed by atoms with van der Waals surface area (Å²) in [6, 6.07) is -3.97. The predicted octanol–water partition coefficient (Wildman–Crippen LogP) is -1.76. The quantitative estimate of drug-likeness (QED) is 0.0657. The molecule has 10 N–H and O–H groups in total. The summed E-state index contributed by atoms with van der Waals surface area (Å²) in [5.74, 6) is -4.40. The van der Waals surface area contributed by atoms with E-state index in [4.69, 9.17) is 16.6 Å². The highest BCUT2D eigenvalue weighted by Gasteiger charge is 2.32. The van der Waals surface area contributed by atoms with Crippen LogP contribution in [0.4, 0.5) is 0 Å². The molecule has 204 valence electrons. The summed E-state index contributed by atoms with van der Waals surface area (Å²) in [6.45, 7) is 4.50. The SMILES string of the molecule is CC(C)CC(NC(=O)C(CCC(=O)O)NC(=O)C1CCCN1)C(=O)NC(CCCN=C(N)N)C(=O)O. The number of guanidine groups is 1. The summed E-state index contributed by atoms with van der Waals surface area (Å²) < 4.78 is 0. The molecule has 3 amide bonds. The number of hydrogen-bond acceptors (Lipinski definition) is 7. The number of aliphatic imine (C=N–C) groups is 1. The fourth-order valence-electron chi connectivity index (χ4n) is 3.73. The molecule has 0 spiro atoms. The minimum absolute atomic E-state index is 0.0408. The van der Waals surface area contributed by atoms with Gasteiger partial charge in [0.2, 0.25) is 17.7 Å². The van der Waals surface area contributed by atoms with Crippen LogP contribution in [0.5, 0.6) is 0 Å². The van der Waals surface area contributed by atoms with Crippen molar-refractivity contribution in [2.45, 2.75) is 83.0 Å². The molecule has 0 aromatic rings. The van der Waals surface area contributed by atoms with E-state index in [1.54, 1.807) is 0 Å². The Hall–Kier alpha value is -3.42. The highest BCUT2D eigenvalue weighted by molar-refractivity contribution is 5.94. The van der Waals surface area contributed by atoms with Crippen molar-refractivity contribution in [2.75, 3.05) is 13.1 Å². The van der Waals surface area contributed by atoms with Gasteiger partial charge >= 0.3 is 11.9 Å². The largest absolute Gasteiger partial charge is 0.481 e. The van der Waals surface area contributed by atoms with Gasteiger partial charge in [0.1, 0.15) is 18.1 Å². The fourth-order valence-corrected chi connectivity index (χ4v) is 3.73. The van der Waals surface area contributed by atoms with Gasteiger partial charge in [-0.2, -0.15) is 0 Å². The van der Waals surface area contributed by atoms with Crippen LogP contribution in [0.1, 0.15) is 58.8 Å². The smallest absolute Gasteiger partial charge is 0.326 e. The van der Waals surface area contributed by atoms with Gasteiger partial charge in [-0.1, -0.05) is 13.8 Å². The highest BCUT2D eigenvalue weighted by atomic mass is 16.4. The Morgan fingerprint density at radius 2 is 1.61 bits per heavy atom. The first-order valence-corrected chi connectivity index (χ1v) is 12.0. The molecule has 4 unspecified atom stereocenters. The number of amides is 3. The minimum atomic E-state index is -1.25. The molecule has 4 atom stereocenters. The van der Waals surface area contributed by atoms with Crippen LogP contribution in [0.3, 0.4) is 0 Å². The van der Waals surface area contributed by atoms with Gasteiger partial charge in [-0.3, -0.25) is 24.2 Å². The Labute approximate surface area is 210 Å². The maximum Gasteiger partial charge on any atom is 0.326 e. The van der Waals surface area contributed by atoms with Crippen molar-refractivity contribution < 1.29 is 34.2 Å². The zero-order chi connectivity index (χ0) is 27.3. The minimum Gasteiger partial charge on any atom is -0.481 e. The summed E-state index contributed by atoms with van der Waals surface area (Å²) in [7, 11) is 0. The fraction of sp³-hybridized carbons (Fsp3) is 0.727. The first kappa shape index (κ1) is 30.6. The van der Waals surface area contributed by atoms with E-state index in [0.717, 1.165) is 6.42 Å². The molecule has 0 aromatic heterocycles. The molecular weight excluding hydrogens is 474 g/mol. The van der Waals surface area contributed by atoms with Crippen LogP contribution < -0.4 is 32.7 Å². The number of carboxylic acids is 2. The number of aliphatic carboxylic acids is 2. The summed E-state index contributed by atoms with van der Waals surface area (Å²) in [6.07, 6.45) is 1.42. The van der Waals surface area contributed by atoms with Gasteiger partial charge in [0.05, 0.1) is 6.04 Å². The molecule has 0 radical (unpaired) electrons. The lowest BCUT2D eigenvalue weighted by atomic mass is 10.0. The zero-order valence-electron chi connectivity index (χ0n) is 20.8. The monoisotopic (exact) mass is 513 g/mol. The molecule has 1 aliphatic heterocycles. The summed E-state index contributed by atoms with van der Waals surface area (Å²) >= 11 is 0. The van der Waals surface area contributed by atoms with Gasteiger partial charge in [-0.05, 0) is 51.0 Å². The average Bonchev–Trinajstić information content (AvgIpc) is 3.32. The third-order valence-electron chi connectivity index (χ3n) is 5.56. The van der Waals surface area contributed by atoms with Crippen LogP contribution in [0, 0.1) is 5.92 Å². The molecule has 14 heteroatoms. The van der Waals surface area contributed by atoms with Gasteiger partial charge in [0, 0.05) is 13.0 Å². The molecular formula is C22H39N7O7. The van der Waals surface area contributed by atoms with Crippen LogP contribution in [0.25, 0.3) is 0 Å². The topological polar surface area (TPSA) is 238 Å². The molecule has 0 bridgehead atoms. The zero-order valence-corrected chi connectivity index (χ0v) is 20.8. The second-order valence-electron chi connectivity index (χ2n) is 9.18. The second-order valence-corrected chi connectivity index (χ2v) is 9.18. The van der Waals surface area contributed by atoms with Crippen molar-refractivity contribution in [2.24, 2.45) is 22.4 Å². The number of carboxylic acid groups (broad SMARTS) is 2. The van der Waals surface area contributed by atoms with Crippen molar-refractivity contribution in [1.29, 1.82) is 0 Å². The van der Waals surface area contributed by atoms with E-state index in [9.17, 15) is 29.1 Å². The van der Waals surface area contributed by atoms with Crippen molar-refractivity contribution >= 4 is 35.6 Å². The Kier molecular flexibility index (Phi) is 13.2. The van der Waals surface area contributed by atoms with E-state index >= 15 is 0 Å². The molecule has 0 aromatic carbocycles. The third kappa shape index (κ3) is 11.8. The lowest BCUT2D eigenvalue weighted by molar-refractivity contribution is -0.142. The Morgan fingerprint density at radius 3 is 2.14 bits per heavy atom. The van der Waals surface area contributed by atoms with Crippen molar-refractivity contribution in [3.05, 3.63) is 0 Å². The van der Waals surface area contributed by atoms with Gasteiger partial charge in [0.25, 0.3) is 0 Å². The number of nitrogens with zero attached hydrogens (tertiary/aromatic N) is 1. The predicted molar refractivity (Wildman–Crippen MR) is 131 cm³/mol. The molecule has 1 fully saturated rings. The lowest BCUT2D eigenvalue weighted by Gasteiger charge is -2.26. The number of carbonyl (C=O) groups excluding carboxylic acids is 3. The van der Waals surface area contributed by atoms with E-state index in [-0.39, 0.29) is 44.1 Å². The van der Waals surface area contributed by atoms with Gasteiger partial charge < -0.3 is 42.9 Å². The van der Waals surface area contributed by atoms with E-state index in [1.807, 2.05) is 13.8 Å².